The highest BCUT2D eigenvalue weighted by Gasteiger charge is 2.17. The lowest BCUT2D eigenvalue weighted by atomic mass is 10.0. The fourth-order valence-corrected chi connectivity index (χ4v) is 3.88. The zero-order chi connectivity index (χ0) is 15.4. The summed E-state index contributed by atoms with van der Waals surface area (Å²) in [7, 11) is 0. The third-order valence-electron chi connectivity index (χ3n) is 3.67. The van der Waals surface area contributed by atoms with Crippen LogP contribution >= 0.6 is 11.3 Å². The number of aryl methyl sites for hydroxylation is 1. The molecule has 0 saturated carbocycles. The normalized spacial score (nSPS) is 12.9. The van der Waals surface area contributed by atoms with Crippen molar-refractivity contribution in [3.8, 4) is 10.4 Å². The predicted octanol–water partition coefficient (Wildman–Crippen LogP) is 5.56. The first-order valence-electron chi connectivity index (χ1n) is 7.62. The van der Waals surface area contributed by atoms with Gasteiger partial charge in [-0.05, 0) is 61.2 Å². The fraction of sp³-hybridized carbons (Fsp3) is 0.444. The molecule has 0 spiro atoms. The van der Waals surface area contributed by atoms with Crippen molar-refractivity contribution in [2.45, 2.75) is 40.2 Å². The van der Waals surface area contributed by atoms with E-state index < -0.39 is 0 Å². The zero-order valence-electron chi connectivity index (χ0n) is 13.2. The topological polar surface area (TPSA) is 12.0 Å². The molecule has 1 atom stereocenters. The number of hydrogen-bond acceptors (Lipinski definition) is 2. The van der Waals surface area contributed by atoms with Crippen molar-refractivity contribution in [3.63, 3.8) is 0 Å². The van der Waals surface area contributed by atoms with Crippen molar-refractivity contribution in [1.82, 2.24) is 5.32 Å². The van der Waals surface area contributed by atoms with Crippen LogP contribution < -0.4 is 5.32 Å². The van der Waals surface area contributed by atoms with E-state index in [1.54, 1.807) is 6.07 Å². The minimum Gasteiger partial charge on any atom is -0.309 e. The average Bonchev–Trinajstić information content (AvgIpc) is 2.88. The molecule has 1 N–H and O–H groups in total. The molecule has 21 heavy (non-hydrogen) atoms. The van der Waals surface area contributed by atoms with E-state index in [9.17, 15) is 4.39 Å². The first-order valence-corrected chi connectivity index (χ1v) is 8.44. The van der Waals surface area contributed by atoms with Crippen molar-refractivity contribution < 1.29 is 4.39 Å². The molecule has 1 aromatic heterocycles. The van der Waals surface area contributed by atoms with Gasteiger partial charge in [0.25, 0.3) is 0 Å². The van der Waals surface area contributed by atoms with Crippen LogP contribution in [0.2, 0.25) is 0 Å². The lowest BCUT2D eigenvalue weighted by Gasteiger charge is -2.21. The molecule has 3 heteroatoms. The van der Waals surface area contributed by atoms with Gasteiger partial charge >= 0.3 is 0 Å². The van der Waals surface area contributed by atoms with Crippen LogP contribution in [0.5, 0.6) is 0 Å². The van der Waals surface area contributed by atoms with E-state index in [4.69, 9.17) is 0 Å². The smallest absolute Gasteiger partial charge is 0.123 e. The molecule has 1 nitrogen and oxygen atoms in total. The lowest BCUT2D eigenvalue weighted by molar-refractivity contribution is 0.418. The predicted molar refractivity (Wildman–Crippen MR) is 90.3 cm³/mol. The molecule has 0 aliphatic carbocycles. The highest BCUT2D eigenvalue weighted by atomic mass is 32.1. The van der Waals surface area contributed by atoms with Gasteiger partial charge in [-0.2, -0.15) is 0 Å². The van der Waals surface area contributed by atoms with Gasteiger partial charge in [0.05, 0.1) is 0 Å². The van der Waals surface area contributed by atoms with Gasteiger partial charge in [0, 0.05) is 15.8 Å². The summed E-state index contributed by atoms with van der Waals surface area (Å²) >= 11 is 1.81. The van der Waals surface area contributed by atoms with Gasteiger partial charge in [-0.1, -0.05) is 26.8 Å². The zero-order valence-corrected chi connectivity index (χ0v) is 14.1. The summed E-state index contributed by atoms with van der Waals surface area (Å²) in [6.07, 6.45) is 1.14. The summed E-state index contributed by atoms with van der Waals surface area (Å²) < 4.78 is 13.2. The maximum Gasteiger partial charge on any atom is 0.123 e. The second-order valence-corrected chi connectivity index (χ2v) is 6.95. The highest BCUT2D eigenvalue weighted by molar-refractivity contribution is 7.15. The Morgan fingerprint density at radius 3 is 2.57 bits per heavy atom. The maximum absolute atomic E-state index is 13.2. The first-order chi connectivity index (χ1) is 10.0. The average molecular weight is 305 g/mol. The van der Waals surface area contributed by atoms with Crippen LogP contribution in [0.15, 0.2) is 30.3 Å². The molecule has 0 fully saturated rings. The fourth-order valence-electron chi connectivity index (χ4n) is 2.53. The molecule has 0 aliphatic heterocycles. The molecule has 0 aliphatic rings. The third kappa shape index (κ3) is 3.92. The molecule has 0 radical (unpaired) electrons. The van der Waals surface area contributed by atoms with Crippen molar-refractivity contribution in [1.29, 1.82) is 0 Å². The monoisotopic (exact) mass is 305 g/mol. The van der Waals surface area contributed by atoms with E-state index in [2.05, 4.69) is 38.2 Å². The van der Waals surface area contributed by atoms with Crippen LogP contribution in [0.1, 0.15) is 43.7 Å². The summed E-state index contributed by atoms with van der Waals surface area (Å²) in [5.74, 6) is 0.384. The van der Waals surface area contributed by atoms with Crippen LogP contribution in [0.25, 0.3) is 10.4 Å². The Morgan fingerprint density at radius 2 is 1.95 bits per heavy atom. The minimum atomic E-state index is -0.169. The van der Waals surface area contributed by atoms with Crippen LogP contribution in [0.3, 0.4) is 0 Å². The number of nitrogens with one attached hydrogen (secondary N) is 1. The van der Waals surface area contributed by atoms with Crippen molar-refractivity contribution in [3.05, 3.63) is 46.6 Å². The molecule has 0 amide bonds. The van der Waals surface area contributed by atoms with Crippen LogP contribution in [-0.4, -0.2) is 6.54 Å². The van der Waals surface area contributed by atoms with E-state index in [1.807, 2.05) is 24.3 Å². The number of halogens is 1. The van der Waals surface area contributed by atoms with Gasteiger partial charge in [-0.3, -0.25) is 0 Å². The summed E-state index contributed by atoms with van der Waals surface area (Å²) in [4.78, 5) is 2.57. The molecule has 2 aromatic rings. The Kier molecular flexibility index (Phi) is 5.54. The third-order valence-corrected chi connectivity index (χ3v) is 4.87. The summed E-state index contributed by atoms with van der Waals surface area (Å²) in [6.45, 7) is 9.68. The SMILES string of the molecule is CCCNC(c1ccc(-c2ccc(F)cc2C)s1)C(C)C. The molecule has 114 valence electrons. The maximum atomic E-state index is 13.2. The minimum absolute atomic E-state index is 0.169. The molecule has 1 unspecified atom stereocenters. The van der Waals surface area contributed by atoms with Gasteiger partial charge in [0.2, 0.25) is 0 Å². The number of thiophene rings is 1. The molecule has 0 bridgehead atoms. The Balaban J connectivity index is 2.27. The standard InChI is InChI=1S/C18H24FNS/c1-5-10-20-18(12(2)3)17-9-8-16(21-17)15-7-6-14(19)11-13(15)4/h6-9,11-12,18,20H,5,10H2,1-4H3. The molecule has 0 saturated heterocycles. The Labute approximate surface area is 131 Å². The van der Waals surface area contributed by atoms with E-state index in [-0.39, 0.29) is 5.82 Å². The number of hydrogen-bond donors (Lipinski definition) is 1. The first kappa shape index (κ1) is 16.2. The van der Waals surface area contributed by atoms with Gasteiger partial charge < -0.3 is 5.32 Å². The van der Waals surface area contributed by atoms with Crippen molar-refractivity contribution in [2.24, 2.45) is 5.92 Å². The molecular formula is C18H24FNS. The Bertz CT molecular complexity index is 589. The van der Waals surface area contributed by atoms with Crippen molar-refractivity contribution >= 4 is 11.3 Å². The summed E-state index contributed by atoms with van der Waals surface area (Å²) in [5.41, 5.74) is 2.12. The van der Waals surface area contributed by atoms with E-state index in [0.29, 0.717) is 12.0 Å². The van der Waals surface area contributed by atoms with Gasteiger partial charge in [0.15, 0.2) is 0 Å². The van der Waals surface area contributed by atoms with E-state index in [0.717, 1.165) is 24.1 Å². The Morgan fingerprint density at radius 1 is 1.19 bits per heavy atom. The number of rotatable bonds is 6. The van der Waals surface area contributed by atoms with Crippen LogP contribution in [-0.2, 0) is 0 Å². The van der Waals surface area contributed by atoms with Gasteiger partial charge in [0.1, 0.15) is 5.82 Å². The summed E-state index contributed by atoms with van der Waals surface area (Å²) in [5, 5.41) is 3.62. The molecule has 1 heterocycles. The van der Waals surface area contributed by atoms with Gasteiger partial charge in [-0.25, -0.2) is 4.39 Å². The second kappa shape index (κ2) is 7.19. The second-order valence-electron chi connectivity index (χ2n) is 5.84. The molecular weight excluding hydrogens is 281 g/mol. The highest BCUT2D eigenvalue weighted by Crippen LogP contribution is 2.35. The summed E-state index contributed by atoms with van der Waals surface area (Å²) in [6, 6.07) is 9.77. The lowest BCUT2D eigenvalue weighted by Crippen LogP contribution is -2.25. The van der Waals surface area contributed by atoms with Crippen molar-refractivity contribution in [2.75, 3.05) is 6.54 Å². The van der Waals surface area contributed by atoms with Gasteiger partial charge in [-0.15, -0.1) is 11.3 Å². The Hall–Kier alpha value is -1.19. The van der Waals surface area contributed by atoms with E-state index in [1.165, 1.54) is 15.8 Å². The quantitative estimate of drug-likeness (QED) is 0.736. The van der Waals surface area contributed by atoms with Crippen LogP contribution in [0, 0.1) is 18.7 Å². The molecule has 1 aromatic carbocycles. The van der Waals surface area contributed by atoms with E-state index >= 15 is 0 Å². The largest absolute Gasteiger partial charge is 0.309 e. The molecule has 2 rings (SSSR count). The number of benzene rings is 1. The van der Waals surface area contributed by atoms with Crippen LogP contribution in [0.4, 0.5) is 4.39 Å².